The van der Waals surface area contributed by atoms with Crippen LogP contribution in [0.3, 0.4) is 0 Å². The molecule has 0 bridgehead atoms. The average Bonchev–Trinajstić information content (AvgIpc) is 3.12. The summed E-state index contributed by atoms with van der Waals surface area (Å²) in [4.78, 5) is 2.26. The summed E-state index contributed by atoms with van der Waals surface area (Å²) < 4.78 is 16.6. The molecule has 2 aromatic rings. The normalized spacial score (nSPS) is 21.3. The predicted molar refractivity (Wildman–Crippen MR) is 90.3 cm³/mol. The molecule has 6 heteroatoms. The fourth-order valence-electron chi connectivity index (χ4n) is 2.96. The van der Waals surface area contributed by atoms with Crippen LogP contribution in [-0.2, 0) is 4.74 Å². The molecule has 0 N–H and O–H groups in total. The first-order valence-electron chi connectivity index (χ1n) is 7.66. The molecule has 1 aromatic heterocycles. The molecule has 2 heterocycles. The second-order valence-corrected chi connectivity index (χ2v) is 6.15. The molecule has 2 atom stereocenters. The van der Waals surface area contributed by atoms with Crippen molar-refractivity contribution in [1.82, 2.24) is 10.1 Å². The van der Waals surface area contributed by atoms with Crippen molar-refractivity contribution in [3.05, 3.63) is 47.9 Å². The van der Waals surface area contributed by atoms with Crippen molar-refractivity contribution in [1.29, 1.82) is 0 Å². The van der Waals surface area contributed by atoms with E-state index in [1.165, 1.54) is 0 Å². The Balaban J connectivity index is 1.57. The monoisotopic (exact) mass is 332 g/mol. The van der Waals surface area contributed by atoms with Gasteiger partial charge < -0.3 is 14.0 Å². The third-order valence-corrected chi connectivity index (χ3v) is 4.27. The maximum absolute atomic E-state index is 5.66. The van der Waals surface area contributed by atoms with Crippen molar-refractivity contribution in [3.63, 3.8) is 0 Å². The first-order chi connectivity index (χ1) is 11.1. The summed E-state index contributed by atoms with van der Waals surface area (Å²) in [5, 5.41) is 4.14. The lowest BCUT2D eigenvalue weighted by molar-refractivity contribution is 0.150. The number of nitrogens with zero attached hydrogens (tertiary/aromatic N) is 2. The van der Waals surface area contributed by atoms with Crippen LogP contribution in [0.4, 0.5) is 0 Å². The second kappa shape index (κ2) is 7.10. The second-order valence-electron chi connectivity index (χ2n) is 5.82. The number of likely N-dealkylation sites (tertiary alicyclic amines) is 1. The Kier molecular flexibility index (Phi) is 4.93. The highest BCUT2D eigenvalue weighted by Gasteiger charge is 2.36. The Morgan fingerprint density at radius 1 is 1.39 bits per heavy atom. The minimum atomic E-state index is 0.151. The number of benzene rings is 1. The number of hydrogen-bond acceptors (Lipinski definition) is 6. The fraction of sp³-hybridized carbons (Fsp3) is 0.412. The molecule has 0 unspecified atom stereocenters. The number of para-hydroxylation sites is 1. The molecule has 122 valence electrons. The zero-order valence-electron chi connectivity index (χ0n) is 13.3. The molecule has 1 saturated heterocycles. The highest BCUT2D eigenvalue weighted by atomic mass is 32.1. The highest BCUT2D eigenvalue weighted by molar-refractivity contribution is 7.79. The first kappa shape index (κ1) is 16.0. The van der Waals surface area contributed by atoms with Crippen LogP contribution < -0.4 is 4.74 Å². The third kappa shape index (κ3) is 3.89. The van der Waals surface area contributed by atoms with Gasteiger partial charge in [-0.05, 0) is 39.1 Å². The summed E-state index contributed by atoms with van der Waals surface area (Å²) in [5.41, 5.74) is 0.892. The van der Waals surface area contributed by atoms with Crippen LogP contribution in [0.1, 0.15) is 23.9 Å². The number of thiocarbonyl (C=S) groups is 1. The number of rotatable bonds is 4. The van der Waals surface area contributed by atoms with Gasteiger partial charge in [0.2, 0.25) is 0 Å². The highest BCUT2D eigenvalue weighted by Crippen LogP contribution is 2.36. The first-order valence-corrected chi connectivity index (χ1v) is 8.07. The minimum Gasteiger partial charge on any atom is -0.456 e. The van der Waals surface area contributed by atoms with E-state index in [1.807, 2.05) is 43.3 Å². The van der Waals surface area contributed by atoms with Gasteiger partial charge in [-0.1, -0.05) is 23.4 Å². The van der Waals surface area contributed by atoms with E-state index < -0.39 is 0 Å². The van der Waals surface area contributed by atoms with Crippen molar-refractivity contribution in [2.45, 2.75) is 19.4 Å². The molecule has 1 aliphatic rings. The fourth-order valence-corrected chi connectivity index (χ4v) is 3.13. The number of hydrogen-bond donors (Lipinski definition) is 0. The van der Waals surface area contributed by atoms with E-state index in [9.17, 15) is 0 Å². The van der Waals surface area contributed by atoms with Crippen LogP contribution in [0.2, 0.25) is 0 Å². The maximum atomic E-state index is 5.66. The van der Waals surface area contributed by atoms with Gasteiger partial charge in [-0.2, -0.15) is 0 Å². The van der Waals surface area contributed by atoms with Crippen molar-refractivity contribution >= 4 is 17.5 Å². The third-order valence-electron chi connectivity index (χ3n) is 4.07. The van der Waals surface area contributed by atoms with E-state index in [-0.39, 0.29) is 11.3 Å². The molecule has 3 rings (SSSR count). The standard InChI is InChI=1S/C17H20N2O3S/c1-12-10-15(22-18-12)16-13(8-9-19(16)2)11-20-17(23)21-14-6-4-3-5-7-14/h3-7,10,13,16H,8-9,11H2,1-2H3/t13-,16+/m1/s1. The van der Waals surface area contributed by atoms with E-state index >= 15 is 0 Å². The van der Waals surface area contributed by atoms with Crippen LogP contribution in [0, 0.1) is 12.8 Å². The van der Waals surface area contributed by atoms with Gasteiger partial charge in [-0.3, -0.25) is 4.90 Å². The lowest BCUT2D eigenvalue weighted by Crippen LogP contribution is -2.24. The molecule has 1 aromatic carbocycles. The van der Waals surface area contributed by atoms with Gasteiger partial charge in [0.25, 0.3) is 0 Å². The molecule has 5 nitrogen and oxygen atoms in total. The lowest BCUT2D eigenvalue weighted by Gasteiger charge is -2.22. The topological polar surface area (TPSA) is 47.7 Å². The summed E-state index contributed by atoms with van der Waals surface area (Å²) in [6, 6.07) is 11.6. The molecular weight excluding hydrogens is 312 g/mol. The van der Waals surface area contributed by atoms with Crippen LogP contribution >= 0.6 is 12.2 Å². The lowest BCUT2D eigenvalue weighted by atomic mass is 9.99. The number of aryl methyl sites for hydroxylation is 1. The molecule has 0 spiro atoms. The van der Waals surface area contributed by atoms with Gasteiger partial charge in [-0.15, -0.1) is 0 Å². The Labute approximate surface area is 141 Å². The van der Waals surface area contributed by atoms with Crippen molar-refractivity contribution in [3.8, 4) is 5.75 Å². The van der Waals surface area contributed by atoms with Gasteiger partial charge in [0.1, 0.15) is 5.75 Å². The van der Waals surface area contributed by atoms with Crippen LogP contribution in [0.25, 0.3) is 0 Å². The Hall–Kier alpha value is -1.92. The van der Waals surface area contributed by atoms with Gasteiger partial charge >= 0.3 is 5.24 Å². The summed E-state index contributed by atoms with van der Waals surface area (Å²) in [7, 11) is 2.08. The van der Waals surface area contributed by atoms with Crippen LogP contribution in [0.5, 0.6) is 5.75 Å². The Bertz CT molecular complexity index is 659. The molecule has 0 amide bonds. The molecule has 0 saturated carbocycles. The van der Waals surface area contributed by atoms with E-state index in [2.05, 4.69) is 17.1 Å². The molecular formula is C17H20N2O3S. The van der Waals surface area contributed by atoms with Crippen molar-refractivity contribution in [2.24, 2.45) is 5.92 Å². The maximum Gasteiger partial charge on any atom is 0.357 e. The summed E-state index contributed by atoms with van der Waals surface area (Å²) in [5.74, 6) is 1.86. The van der Waals surface area contributed by atoms with Crippen molar-refractivity contribution < 1.29 is 14.0 Å². The Morgan fingerprint density at radius 2 is 2.17 bits per heavy atom. The minimum absolute atomic E-state index is 0.151. The average molecular weight is 332 g/mol. The van der Waals surface area contributed by atoms with Gasteiger partial charge in [-0.25, -0.2) is 0 Å². The molecule has 0 radical (unpaired) electrons. The van der Waals surface area contributed by atoms with Gasteiger partial charge in [0.05, 0.1) is 18.3 Å². The van der Waals surface area contributed by atoms with E-state index in [4.69, 9.17) is 26.2 Å². The largest absolute Gasteiger partial charge is 0.456 e. The summed E-state index contributed by atoms with van der Waals surface area (Å²) in [6.45, 7) is 3.42. The van der Waals surface area contributed by atoms with E-state index in [0.29, 0.717) is 18.3 Å². The SMILES string of the molecule is Cc1cc([C@@H]2[C@@H](COC(=S)Oc3ccccc3)CCN2C)on1. The quantitative estimate of drug-likeness (QED) is 0.800. The van der Waals surface area contributed by atoms with E-state index in [1.54, 1.807) is 0 Å². The van der Waals surface area contributed by atoms with Crippen molar-refractivity contribution in [2.75, 3.05) is 20.2 Å². The van der Waals surface area contributed by atoms with Crippen LogP contribution in [0.15, 0.2) is 40.9 Å². The van der Waals surface area contributed by atoms with Crippen LogP contribution in [-0.4, -0.2) is 35.5 Å². The molecule has 23 heavy (non-hydrogen) atoms. The molecule has 1 fully saturated rings. The van der Waals surface area contributed by atoms with E-state index in [0.717, 1.165) is 24.4 Å². The number of ether oxygens (including phenoxy) is 2. The molecule has 0 aliphatic carbocycles. The zero-order valence-corrected chi connectivity index (χ0v) is 14.1. The van der Waals surface area contributed by atoms with Gasteiger partial charge in [0, 0.05) is 24.2 Å². The number of aromatic nitrogens is 1. The molecule has 1 aliphatic heterocycles. The predicted octanol–water partition coefficient (Wildman–Crippen LogP) is 3.36. The summed E-state index contributed by atoms with van der Waals surface area (Å²) in [6.07, 6.45) is 1.02. The summed E-state index contributed by atoms with van der Waals surface area (Å²) >= 11 is 5.17. The zero-order chi connectivity index (χ0) is 16.2. The van der Waals surface area contributed by atoms with Gasteiger partial charge in [0.15, 0.2) is 5.76 Å². The smallest absolute Gasteiger partial charge is 0.357 e. The Morgan fingerprint density at radius 3 is 2.87 bits per heavy atom.